The summed E-state index contributed by atoms with van der Waals surface area (Å²) in [5.74, 6) is -1.15. The molecule has 0 atom stereocenters. The third kappa shape index (κ3) is 5.53. The van der Waals surface area contributed by atoms with Crippen LogP contribution in [0.15, 0.2) is 54.7 Å². The fraction of sp³-hybridized carbons (Fsp3) is 0.280. The van der Waals surface area contributed by atoms with E-state index in [1.54, 1.807) is 36.5 Å². The van der Waals surface area contributed by atoms with Crippen molar-refractivity contribution in [3.63, 3.8) is 0 Å². The van der Waals surface area contributed by atoms with Crippen LogP contribution in [-0.2, 0) is 19.3 Å². The number of carbonyl (C=O) groups is 1. The summed E-state index contributed by atoms with van der Waals surface area (Å²) in [4.78, 5) is 17.3. The molecule has 1 saturated carbocycles. The van der Waals surface area contributed by atoms with E-state index in [4.69, 9.17) is 4.74 Å². The zero-order valence-electron chi connectivity index (χ0n) is 18.0. The second kappa shape index (κ2) is 9.80. The molecule has 4 rings (SSSR count). The third-order valence-corrected chi connectivity index (χ3v) is 5.57. The van der Waals surface area contributed by atoms with Crippen LogP contribution in [0.4, 0.5) is 17.6 Å². The number of aliphatic hydroxyl groups excluding tert-OH is 1. The van der Waals surface area contributed by atoms with Gasteiger partial charge >= 0.3 is 6.18 Å². The number of nitrogens with one attached hydrogen (secondary N) is 1. The number of halogens is 4. The van der Waals surface area contributed by atoms with Crippen LogP contribution in [0, 0.1) is 11.7 Å². The van der Waals surface area contributed by atoms with E-state index in [0.29, 0.717) is 35.3 Å². The van der Waals surface area contributed by atoms with Gasteiger partial charge in [0.1, 0.15) is 11.4 Å². The Morgan fingerprint density at radius 3 is 2.56 bits per heavy atom. The minimum atomic E-state index is -4.66. The van der Waals surface area contributed by atoms with E-state index in [1.165, 1.54) is 0 Å². The Labute approximate surface area is 193 Å². The number of amides is 1. The second-order valence-corrected chi connectivity index (χ2v) is 8.13. The normalized spacial score (nSPS) is 13.6. The lowest BCUT2D eigenvalue weighted by Crippen LogP contribution is -2.25. The summed E-state index contributed by atoms with van der Waals surface area (Å²) in [5, 5.41) is 12.2. The maximum Gasteiger partial charge on any atom is 0.416 e. The largest absolute Gasteiger partial charge is 0.477 e. The Hall–Kier alpha value is -3.46. The summed E-state index contributed by atoms with van der Waals surface area (Å²) in [6.07, 6.45) is -1.04. The van der Waals surface area contributed by atoms with Gasteiger partial charge in [-0.3, -0.25) is 4.79 Å². The van der Waals surface area contributed by atoms with Gasteiger partial charge in [-0.05, 0) is 48.1 Å². The van der Waals surface area contributed by atoms with Crippen LogP contribution in [0.1, 0.15) is 39.9 Å². The van der Waals surface area contributed by atoms with Crippen LogP contribution < -0.4 is 10.1 Å². The number of benzene rings is 2. The van der Waals surface area contributed by atoms with Crippen LogP contribution in [-0.4, -0.2) is 22.6 Å². The van der Waals surface area contributed by atoms with Gasteiger partial charge in [-0.2, -0.15) is 13.2 Å². The molecule has 9 heteroatoms. The minimum absolute atomic E-state index is 0.0865. The molecular formula is C25H22F4N2O3. The third-order valence-electron chi connectivity index (χ3n) is 5.57. The molecule has 1 fully saturated rings. The summed E-state index contributed by atoms with van der Waals surface area (Å²) in [5.41, 5.74) is 0.836. The van der Waals surface area contributed by atoms with Crippen LogP contribution in [0.5, 0.6) is 5.88 Å². The highest BCUT2D eigenvalue weighted by molar-refractivity contribution is 5.97. The first-order valence-corrected chi connectivity index (χ1v) is 10.7. The van der Waals surface area contributed by atoms with Crippen molar-refractivity contribution in [3.05, 3.63) is 82.8 Å². The molecule has 34 heavy (non-hydrogen) atoms. The number of aromatic nitrogens is 1. The van der Waals surface area contributed by atoms with Crippen molar-refractivity contribution in [3.8, 4) is 17.0 Å². The molecule has 3 aromatic rings. The predicted octanol–water partition coefficient (Wildman–Crippen LogP) is 5.12. The average Bonchev–Trinajstić information content (AvgIpc) is 3.65. The van der Waals surface area contributed by atoms with E-state index in [9.17, 15) is 27.5 Å². The maximum atomic E-state index is 14.2. The molecule has 0 saturated heterocycles. The van der Waals surface area contributed by atoms with Crippen molar-refractivity contribution in [1.82, 2.24) is 10.3 Å². The van der Waals surface area contributed by atoms with Crippen molar-refractivity contribution < 1.29 is 32.2 Å². The molecule has 2 N–H and O–H groups in total. The summed E-state index contributed by atoms with van der Waals surface area (Å²) in [6.45, 7) is -0.111. The molecule has 1 amide bonds. The van der Waals surface area contributed by atoms with E-state index in [1.807, 2.05) is 0 Å². The highest BCUT2D eigenvalue weighted by Gasteiger charge is 2.31. The summed E-state index contributed by atoms with van der Waals surface area (Å²) < 4.78 is 58.2. The zero-order chi connectivity index (χ0) is 24.3. The van der Waals surface area contributed by atoms with Gasteiger partial charge in [0, 0.05) is 23.9 Å². The fourth-order valence-electron chi connectivity index (χ4n) is 3.44. The lowest BCUT2D eigenvalue weighted by Gasteiger charge is -2.14. The van der Waals surface area contributed by atoms with Crippen LogP contribution >= 0.6 is 0 Å². The molecule has 0 bridgehead atoms. The summed E-state index contributed by atoms with van der Waals surface area (Å²) >= 11 is 0. The van der Waals surface area contributed by atoms with Crippen molar-refractivity contribution in [2.24, 2.45) is 5.92 Å². The first-order chi connectivity index (χ1) is 16.3. The Morgan fingerprint density at radius 1 is 1.12 bits per heavy atom. The highest BCUT2D eigenvalue weighted by Crippen LogP contribution is 2.32. The van der Waals surface area contributed by atoms with Gasteiger partial charge in [-0.25, -0.2) is 9.37 Å². The van der Waals surface area contributed by atoms with Gasteiger partial charge in [0.25, 0.3) is 5.91 Å². The first kappa shape index (κ1) is 23.7. The standard InChI is InChI=1S/C25H22F4N2O3/c26-22-10-19(25(27,28)29)8-7-16(22)11-30-23(33)21-9-18(20-4-2-1-3-17(20)13-32)12-31-24(21)34-14-15-5-6-15/h1-4,7-10,12,15,32H,5-6,11,13-14H2,(H,30,33). The molecule has 0 spiro atoms. The molecule has 5 nitrogen and oxygen atoms in total. The number of ether oxygens (including phenoxy) is 1. The number of pyridine rings is 1. The monoisotopic (exact) mass is 474 g/mol. The van der Waals surface area contributed by atoms with Gasteiger partial charge in [0.05, 0.1) is 18.8 Å². The van der Waals surface area contributed by atoms with Gasteiger partial charge in [0.15, 0.2) is 0 Å². The molecular weight excluding hydrogens is 452 g/mol. The lowest BCUT2D eigenvalue weighted by atomic mass is 10.00. The highest BCUT2D eigenvalue weighted by atomic mass is 19.4. The number of hydrogen-bond acceptors (Lipinski definition) is 4. The van der Waals surface area contributed by atoms with Crippen molar-refractivity contribution >= 4 is 5.91 Å². The molecule has 0 radical (unpaired) electrons. The van der Waals surface area contributed by atoms with Crippen molar-refractivity contribution in [2.45, 2.75) is 32.2 Å². The van der Waals surface area contributed by atoms with Crippen molar-refractivity contribution in [2.75, 3.05) is 6.61 Å². The quantitative estimate of drug-likeness (QED) is 0.445. The van der Waals surface area contributed by atoms with Crippen molar-refractivity contribution in [1.29, 1.82) is 0 Å². The number of alkyl halides is 3. The van der Waals surface area contributed by atoms with Gasteiger partial charge < -0.3 is 15.2 Å². The van der Waals surface area contributed by atoms with Crippen LogP contribution in [0.3, 0.4) is 0 Å². The van der Waals surface area contributed by atoms with Crippen LogP contribution in [0.25, 0.3) is 11.1 Å². The Bertz CT molecular complexity index is 1190. The predicted molar refractivity (Wildman–Crippen MR) is 116 cm³/mol. The number of rotatable bonds is 8. The number of nitrogens with zero attached hydrogens (tertiary/aromatic N) is 1. The van der Waals surface area contributed by atoms with E-state index in [0.717, 1.165) is 25.0 Å². The average molecular weight is 474 g/mol. The van der Waals surface area contributed by atoms with Crippen LogP contribution in [0.2, 0.25) is 0 Å². The first-order valence-electron chi connectivity index (χ1n) is 10.7. The molecule has 1 aromatic heterocycles. The fourth-order valence-corrected chi connectivity index (χ4v) is 3.44. The SMILES string of the molecule is O=C(NCc1ccc(C(F)(F)F)cc1F)c1cc(-c2ccccc2CO)cnc1OCC1CC1. The number of carbonyl (C=O) groups excluding carboxylic acids is 1. The molecule has 1 heterocycles. The number of aliphatic hydroxyl groups is 1. The molecule has 0 aliphatic heterocycles. The Kier molecular flexibility index (Phi) is 6.83. The molecule has 2 aromatic carbocycles. The number of hydrogen-bond donors (Lipinski definition) is 2. The topological polar surface area (TPSA) is 71.5 Å². The summed E-state index contributed by atoms with van der Waals surface area (Å²) in [6, 6.07) is 10.8. The molecule has 1 aliphatic carbocycles. The maximum absolute atomic E-state index is 14.2. The molecule has 178 valence electrons. The minimum Gasteiger partial charge on any atom is -0.477 e. The Morgan fingerprint density at radius 2 is 1.88 bits per heavy atom. The molecule has 0 unspecified atom stereocenters. The van der Waals surface area contributed by atoms with E-state index in [-0.39, 0.29) is 30.2 Å². The van der Waals surface area contributed by atoms with E-state index >= 15 is 0 Å². The van der Waals surface area contributed by atoms with E-state index < -0.39 is 23.5 Å². The zero-order valence-corrected chi connectivity index (χ0v) is 18.0. The lowest BCUT2D eigenvalue weighted by molar-refractivity contribution is -0.137. The van der Waals surface area contributed by atoms with Gasteiger partial charge in [-0.15, -0.1) is 0 Å². The van der Waals surface area contributed by atoms with Gasteiger partial charge in [0.2, 0.25) is 5.88 Å². The summed E-state index contributed by atoms with van der Waals surface area (Å²) in [7, 11) is 0. The Balaban J connectivity index is 1.58. The van der Waals surface area contributed by atoms with E-state index in [2.05, 4.69) is 10.3 Å². The van der Waals surface area contributed by atoms with Gasteiger partial charge in [-0.1, -0.05) is 30.3 Å². The second-order valence-electron chi connectivity index (χ2n) is 8.13. The smallest absolute Gasteiger partial charge is 0.416 e. The molecule has 1 aliphatic rings.